The maximum absolute atomic E-state index is 12.2. The van der Waals surface area contributed by atoms with Crippen molar-refractivity contribution in [1.29, 1.82) is 5.41 Å². The van der Waals surface area contributed by atoms with E-state index in [1.165, 1.54) is 19.3 Å². The van der Waals surface area contributed by atoms with Crippen molar-refractivity contribution in [1.82, 2.24) is 16.0 Å². The molecule has 1 saturated heterocycles. The molecule has 1 aliphatic heterocycles. The number of hydrogen-bond acceptors (Lipinski definition) is 8. The van der Waals surface area contributed by atoms with Gasteiger partial charge in [-0.25, -0.2) is 0 Å². The van der Waals surface area contributed by atoms with Crippen LogP contribution in [0.15, 0.2) is 23.3 Å². The zero-order chi connectivity index (χ0) is 18.3. The molecule has 9 heteroatoms. The van der Waals surface area contributed by atoms with Crippen LogP contribution in [-0.2, 0) is 9.59 Å². The fraction of sp³-hybridized carbons (Fsp3) is 0.533. The van der Waals surface area contributed by atoms with Crippen LogP contribution in [0.1, 0.15) is 20.3 Å². The molecule has 1 rings (SSSR count). The second kappa shape index (κ2) is 9.21. The molecular weight excluding hydrogens is 328 g/mol. The van der Waals surface area contributed by atoms with Gasteiger partial charge in [0.15, 0.2) is 0 Å². The molecule has 3 atom stereocenters. The van der Waals surface area contributed by atoms with Crippen molar-refractivity contribution in [3.8, 4) is 0 Å². The summed E-state index contributed by atoms with van der Waals surface area (Å²) in [5, 5.41) is 16.3. The Kier molecular flexibility index (Phi) is 7.63. The third kappa shape index (κ3) is 5.80. The molecule has 0 aromatic heterocycles. The van der Waals surface area contributed by atoms with Gasteiger partial charge in [0.25, 0.3) is 5.91 Å². The van der Waals surface area contributed by atoms with Crippen molar-refractivity contribution in [2.45, 2.75) is 36.8 Å². The van der Waals surface area contributed by atoms with Gasteiger partial charge in [-0.1, -0.05) is 0 Å². The molecule has 0 radical (unpaired) electrons. The summed E-state index contributed by atoms with van der Waals surface area (Å²) in [5.41, 5.74) is 12.4. The van der Waals surface area contributed by atoms with Gasteiger partial charge in [0.2, 0.25) is 0 Å². The van der Waals surface area contributed by atoms with Crippen LogP contribution in [0.25, 0.3) is 0 Å². The first kappa shape index (κ1) is 19.9. The minimum absolute atomic E-state index is 0.0118. The van der Waals surface area contributed by atoms with Crippen molar-refractivity contribution in [2.75, 3.05) is 13.6 Å². The topological polar surface area (TPSA) is 146 Å². The Bertz CT molecular complexity index is 560. The first-order chi connectivity index (χ1) is 11.3. The van der Waals surface area contributed by atoms with Crippen molar-refractivity contribution in [3.05, 3.63) is 23.3 Å². The number of thioether (sulfide) groups is 1. The van der Waals surface area contributed by atoms with Crippen molar-refractivity contribution in [2.24, 2.45) is 11.5 Å². The lowest BCUT2D eigenvalue weighted by Crippen LogP contribution is -2.41. The van der Waals surface area contributed by atoms with E-state index in [0.717, 1.165) is 12.0 Å². The summed E-state index contributed by atoms with van der Waals surface area (Å²) < 4.78 is 0. The first-order valence-electron chi connectivity index (χ1n) is 7.63. The van der Waals surface area contributed by atoms with Gasteiger partial charge in [0, 0.05) is 29.8 Å². The average Bonchev–Trinajstić information content (AvgIpc) is 3.29. The van der Waals surface area contributed by atoms with Gasteiger partial charge in [-0.15, -0.1) is 11.8 Å². The number of carbonyl (C=O) groups is 2. The van der Waals surface area contributed by atoms with Gasteiger partial charge in [-0.3, -0.25) is 9.59 Å². The van der Waals surface area contributed by atoms with E-state index < -0.39 is 5.91 Å². The lowest BCUT2D eigenvalue weighted by molar-refractivity contribution is -0.122. The van der Waals surface area contributed by atoms with E-state index in [9.17, 15) is 9.59 Å². The molecule has 1 amide bonds. The number of nitrogens with two attached hydrogens (primary N) is 2. The third-order valence-corrected chi connectivity index (χ3v) is 4.90. The highest BCUT2D eigenvalue weighted by atomic mass is 32.2. The molecule has 1 aliphatic rings. The van der Waals surface area contributed by atoms with Crippen LogP contribution in [0.2, 0.25) is 0 Å². The summed E-state index contributed by atoms with van der Waals surface area (Å²) in [4.78, 5) is 23.2. The third-order valence-electron chi connectivity index (χ3n) is 3.51. The number of nitrogens with one attached hydrogen (secondary N) is 4. The number of hydrogen-bond donors (Lipinski definition) is 6. The van der Waals surface area contributed by atoms with Crippen LogP contribution in [-0.4, -0.2) is 48.0 Å². The predicted molar refractivity (Wildman–Crippen MR) is 97.4 cm³/mol. The molecule has 24 heavy (non-hydrogen) atoms. The standard InChI is InChI=1S/C15H26N6O2S/c1-8(4-11-13(24-11)10(5-16)6-17)21-12(14(18)19-3)15(23)20-7-9(2)22/h5-6,8,11,13,16,19,21H,4,7,17-18H2,1-3H3,(H,20,23)/b10-6+,14-12+,16-5?/t8-,11?,13+/m0/s1. The molecule has 0 saturated carbocycles. The Labute approximate surface area is 146 Å². The molecule has 1 heterocycles. The molecular formula is C15H26N6O2S. The number of carbonyl (C=O) groups excluding carboxylic acids is 2. The molecule has 1 fully saturated rings. The highest BCUT2D eigenvalue weighted by molar-refractivity contribution is 8.08. The molecule has 134 valence electrons. The van der Waals surface area contributed by atoms with Crippen LogP contribution in [0, 0.1) is 5.41 Å². The molecule has 0 aliphatic carbocycles. The SMILES string of the molecule is CN/C(N)=C(/N[C@@H](C)CC1S[C@@H]1/C(C=N)=C/N)C(=O)NCC(C)=O. The average molecular weight is 354 g/mol. The summed E-state index contributed by atoms with van der Waals surface area (Å²) in [6.07, 6.45) is 3.53. The number of ketones is 1. The molecule has 8 N–H and O–H groups in total. The van der Waals surface area contributed by atoms with Gasteiger partial charge in [-0.05, 0) is 32.0 Å². The van der Waals surface area contributed by atoms with E-state index in [0.29, 0.717) is 5.25 Å². The zero-order valence-electron chi connectivity index (χ0n) is 14.2. The van der Waals surface area contributed by atoms with Gasteiger partial charge < -0.3 is 32.8 Å². The molecule has 1 unspecified atom stereocenters. The number of amides is 1. The lowest BCUT2D eigenvalue weighted by Gasteiger charge is -2.19. The molecule has 0 aromatic rings. The van der Waals surface area contributed by atoms with Crippen LogP contribution in [0.5, 0.6) is 0 Å². The fourth-order valence-electron chi connectivity index (χ4n) is 2.18. The fourth-order valence-corrected chi connectivity index (χ4v) is 3.44. The summed E-state index contributed by atoms with van der Waals surface area (Å²) in [6, 6.07) is -0.0118. The minimum atomic E-state index is -0.425. The highest BCUT2D eigenvalue weighted by Gasteiger charge is 2.41. The van der Waals surface area contributed by atoms with Gasteiger partial charge in [0.1, 0.15) is 17.3 Å². The summed E-state index contributed by atoms with van der Waals surface area (Å²) in [5.74, 6) is -0.348. The van der Waals surface area contributed by atoms with Crippen molar-refractivity contribution < 1.29 is 9.59 Å². The Balaban J connectivity index is 2.63. The van der Waals surface area contributed by atoms with Crippen LogP contribution < -0.4 is 27.4 Å². The Morgan fingerprint density at radius 2 is 2.08 bits per heavy atom. The minimum Gasteiger partial charge on any atom is -0.404 e. The van der Waals surface area contributed by atoms with E-state index in [4.69, 9.17) is 16.9 Å². The van der Waals surface area contributed by atoms with E-state index in [1.807, 2.05) is 6.92 Å². The Morgan fingerprint density at radius 3 is 2.58 bits per heavy atom. The Hall–Kier alpha value is -2.16. The molecule has 8 nitrogen and oxygen atoms in total. The van der Waals surface area contributed by atoms with E-state index in [-0.39, 0.29) is 35.1 Å². The zero-order valence-corrected chi connectivity index (χ0v) is 15.0. The van der Waals surface area contributed by atoms with Crippen LogP contribution in [0.3, 0.4) is 0 Å². The van der Waals surface area contributed by atoms with Crippen molar-refractivity contribution >= 4 is 29.7 Å². The number of rotatable bonds is 10. The quantitative estimate of drug-likeness (QED) is 0.174. The molecule has 0 spiro atoms. The monoisotopic (exact) mass is 354 g/mol. The van der Waals surface area contributed by atoms with Gasteiger partial charge >= 0.3 is 0 Å². The summed E-state index contributed by atoms with van der Waals surface area (Å²) in [6.45, 7) is 3.31. The van der Waals surface area contributed by atoms with E-state index >= 15 is 0 Å². The predicted octanol–water partition coefficient (Wildman–Crippen LogP) is -0.617. The largest absolute Gasteiger partial charge is 0.404 e. The molecule has 0 aromatic carbocycles. The maximum Gasteiger partial charge on any atom is 0.271 e. The maximum atomic E-state index is 12.2. The van der Waals surface area contributed by atoms with Crippen LogP contribution >= 0.6 is 11.8 Å². The normalized spacial score (nSPS) is 22.0. The van der Waals surface area contributed by atoms with Crippen molar-refractivity contribution in [3.63, 3.8) is 0 Å². The summed E-state index contributed by atoms with van der Waals surface area (Å²) >= 11 is 1.74. The van der Waals surface area contributed by atoms with Crippen LogP contribution in [0.4, 0.5) is 0 Å². The smallest absolute Gasteiger partial charge is 0.271 e. The lowest BCUT2D eigenvalue weighted by atomic mass is 10.1. The highest BCUT2D eigenvalue weighted by Crippen LogP contribution is 2.48. The van der Waals surface area contributed by atoms with Gasteiger partial charge in [-0.2, -0.15) is 0 Å². The Morgan fingerprint density at radius 1 is 1.42 bits per heavy atom. The summed E-state index contributed by atoms with van der Waals surface area (Å²) in [7, 11) is 1.62. The van der Waals surface area contributed by atoms with E-state index in [2.05, 4.69) is 16.0 Å². The molecule has 0 bridgehead atoms. The van der Waals surface area contributed by atoms with Gasteiger partial charge in [0.05, 0.1) is 6.54 Å². The first-order valence-corrected chi connectivity index (χ1v) is 8.57. The van der Waals surface area contributed by atoms with E-state index in [1.54, 1.807) is 18.8 Å². The number of Topliss-reactive ketones (excluding diaryl/α,β-unsaturated/α-hetero) is 1. The second-order valence-corrected chi connectivity index (χ2v) is 7.00. The second-order valence-electron chi connectivity index (χ2n) is 5.61.